The Labute approximate surface area is 271 Å². The molecular weight excluding hydrogens is 524 g/mol. The Hall–Kier alpha value is -0.670. The zero-order chi connectivity index (χ0) is 30.9. The number of rotatable bonds is 34. The van der Waals surface area contributed by atoms with E-state index < -0.39 is 0 Å². The summed E-state index contributed by atoms with van der Waals surface area (Å²) >= 11 is 0. The van der Waals surface area contributed by atoms with Crippen molar-refractivity contribution in [3.05, 3.63) is 12.2 Å². The van der Waals surface area contributed by atoms with E-state index >= 15 is 0 Å². The molecule has 3 heteroatoms. The van der Waals surface area contributed by atoms with Crippen LogP contribution in [-0.4, -0.2) is 48.2 Å². The molecule has 1 unspecified atom stereocenters. The van der Waals surface area contributed by atoms with Gasteiger partial charge in [-0.3, -0.25) is 4.48 Å². The van der Waals surface area contributed by atoms with Gasteiger partial charge in [0.15, 0.2) is 0 Å². The number of allylic oxidation sites excluding steroid dienone is 1. The third-order valence-corrected chi connectivity index (χ3v) is 10.0. The van der Waals surface area contributed by atoms with Crippen LogP contribution >= 0.6 is 0 Å². The van der Waals surface area contributed by atoms with Crippen LogP contribution in [0, 0.1) is 0 Å². The molecule has 0 saturated carbocycles. The lowest BCUT2D eigenvalue weighted by Gasteiger charge is -2.34. The van der Waals surface area contributed by atoms with Crippen LogP contribution in [0.3, 0.4) is 0 Å². The van der Waals surface area contributed by atoms with Gasteiger partial charge in [0.2, 0.25) is 5.84 Å². The van der Waals surface area contributed by atoms with Gasteiger partial charge in [0.25, 0.3) is 0 Å². The smallest absolute Gasteiger partial charge is 0.202 e. The molecule has 1 aliphatic rings. The van der Waals surface area contributed by atoms with Gasteiger partial charge in [0.05, 0.1) is 26.1 Å². The summed E-state index contributed by atoms with van der Waals surface area (Å²) in [5.74, 6) is 1.33. The maximum absolute atomic E-state index is 9.86. The number of aliphatic imine (C=N–C) groups is 1. The Balaban J connectivity index is 2.03. The van der Waals surface area contributed by atoms with Crippen LogP contribution < -0.4 is 0 Å². The Kier molecular flexibility index (Phi) is 29.4. The van der Waals surface area contributed by atoms with Crippen LogP contribution in [0.4, 0.5) is 0 Å². The summed E-state index contributed by atoms with van der Waals surface area (Å²) in [6.45, 7) is 8.94. The van der Waals surface area contributed by atoms with E-state index in [0.29, 0.717) is 0 Å². The molecule has 43 heavy (non-hydrogen) atoms. The van der Waals surface area contributed by atoms with Crippen molar-refractivity contribution in [1.29, 1.82) is 0 Å². The molecule has 0 amide bonds. The first kappa shape index (κ1) is 40.4. The molecule has 0 aromatic rings. The number of quaternary nitrogens is 1. The number of amidine groups is 1. The zero-order valence-corrected chi connectivity index (χ0v) is 29.7. The molecular formula is C40H79N2O+. The summed E-state index contributed by atoms with van der Waals surface area (Å²) in [6.07, 6.45) is 46.6. The molecule has 0 fully saturated rings. The van der Waals surface area contributed by atoms with Crippen molar-refractivity contribution in [2.24, 2.45) is 4.99 Å². The van der Waals surface area contributed by atoms with Crippen LogP contribution in [0.2, 0.25) is 0 Å². The second-order valence-corrected chi connectivity index (χ2v) is 14.0. The molecule has 1 heterocycles. The Morgan fingerprint density at radius 2 is 0.907 bits per heavy atom. The van der Waals surface area contributed by atoms with Crippen molar-refractivity contribution in [3.8, 4) is 0 Å². The highest BCUT2D eigenvalue weighted by Gasteiger charge is 2.36. The summed E-state index contributed by atoms with van der Waals surface area (Å²) < 4.78 is 0.956. The lowest BCUT2D eigenvalue weighted by molar-refractivity contribution is -0.837. The second kappa shape index (κ2) is 31.3. The van der Waals surface area contributed by atoms with Crippen molar-refractivity contribution in [2.45, 2.75) is 206 Å². The minimum Gasteiger partial charge on any atom is -0.390 e. The summed E-state index contributed by atoms with van der Waals surface area (Å²) in [6, 6.07) is 0. The number of nitrogens with zero attached hydrogens (tertiary/aromatic N) is 2. The highest BCUT2D eigenvalue weighted by atomic mass is 16.3. The van der Waals surface area contributed by atoms with Crippen LogP contribution in [0.1, 0.15) is 206 Å². The summed E-state index contributed by atoms with van der Waals surface area (Å²) in [7, 11) is 0. The van der Waals surface area contributed by atoms with Gasteiger partial charge in [0.1, 0.15) is 13.1 Å². The van der Waals surface area contributed by atoms with Crippen molar-refractivity contribution in [3.63, 3.8) is 0 Å². The fourth-order valence-electron chi connectivity index (χ4n) is 7.07. The van der Waals surface area contributed by atoms with E-state index in [1.165, 1.54) is 199 Å². The predicted molar refractivity (Wildman–Crippen MR) is 193 cm³/mol. The number of hydrogen-bond acceptors (Lipinski definition) is 2. The normalized spacial score (nSPS) is 17.0. The molecule has 0 spiro atoms. The molecule has 1 rings (SSSR count). The molecule has 254 valence electrons. The first-order chi connectivity index (χ1) is 21.3. The van der Waals surface area contributed by atoms with Crippen LogP contribution in [0.5, 0.6) is 0 Å². The highest BCUT2D eigenvalue weighted by molar-refractivity contribution is 5.78. The van der Waals surface area contributed by atoms with E-state index in [4.69, 9.17) is 4.99 Å². The highest BCUT2D eigenvalue weighted by Crippen LogP contribution is 2.21. The van der Waals surface area contributed by atoms with E-state index in [-0.39, 0.29) is 6.61 Å². The van der Waals surface area contributed by atoms with Gasteiger partial charge in [-0.25, -0.2) is 4.99 Å². The molecule has 1 aliphatic heterocycles. The number of aliphatic hydroxyl groups excluding tert-OH is 1. The minimum absolute atomic E-state index is 0.278. The fraction of sp³-hybridized carbons (Fsp3) is 0.925. The SMILES string of the molecule is CCCCCCCCCCCCCCC=CCC1=NCC[N+]1(CCO)CCCCCCCCCCCCCCCCCC. The average Bonchev–Trinajstić information content (AvgIpc) is 3.41. The Bertz CT molecular complexity index is 630. The maximum atomic E-state index is 9.86. The summed E-state index contributed by atoms with van der Waals surface area (Å²) in [5, 5.41) is 9.86. The predicted octanol–water partition coefficient (Wildman–Crippen LogP) is 12.5. The zero-order valence-electron chi connectivity index (χ0n) is 29.7. The van der Waals surface area contributed by atoms with Crippen molar-refractivity contribution < 1.29 is 9.59 Å². The van der Waals surface area contributed by atoms with E-state index in [1.54, 1.807) is 0 Å². The van der Waals surface area contributed by atoms with Gasteiger partial charge in [-0.05, 0) is 25.7 Å². The van der Waals surface area contributed by atoms with Gasteiger partial charge < -0.3 is 5.11 Å². The van der Waals surface area contributed by atoms with Gasteiger partial charge >= 0.3 is 0 Å². The summed E-state index contributed by atoms with van der Waals surface area (Å²) in [4.78, 5) is 4.93. The fourth-order valence-corrected chi connectivity index (χ4v) is 7.07. The van der Waals surface area contributed by atoms with Crippen LogP contribution in [0.25, 0.3) is 0 Å². The third kappa shape index (κ3) is 23.3. The molecule has 0 bridgehead atoms. The van der Waals surface area contributed by atoms with Gasteiger partial charge in [-0.15, -0.1) is 0 Å². The quantitative estimate of drug-likeness (QED) is 0.0443. The average molecular weight is 604 g/mol. The van der Waals surface area contributed by atoms with Crippen molar-refractivity contribution in [1.82, 2.24) is 0 Å². The van der Waals surface area contributed by atoms with E-state index in [1.807, 2.05) is 0 Å². The van der Waals surface area contributed by atoms with Gasteiger partial charge in [-0.2, -0.15) is 0 Å². The van der Waals surface area contributed by atoms with E-state index in [9.17, 15) is 5.11 Å². The molecule has 3 nitrogen and oxygen atoms in total. The Morgan fingerprint density at radius 1 is 0.512 bits per heavy atom. The maximum Gasteiger partial charge on any atom is 0.202 e. The second-order valence-electron chi connectivity index (χ2n) is 14.0. The molecule has 0 radical (unpaired) electrons. The first-order valence-electron chi connectivity index (χ1n) is 19.9. The lowest BCUT2D eigenvalue weighted by Crippen LogP contribution is -2.53. The van der Waals surface area contributed by atoms with Crippen LogP contribution in [0.15, 0.2) is 17.1 Å². The summed E-state index contributed by atoms with van der Waals surface area (Å²) in [5.41, 5.74) is 0. The molecule has 0 saturated heterocycles. The number of hydrogen-bond donors (Lipinski definition) is 1. The molecule has 1 N–H and O–H groups in total. The topological polar surface area (TPSA) is 32.6 Å². The Morgan fingerprint density at radius 3 is 1.33 bits per heavy atom. The van der Waals surface area contributed by atoms with Gasteiger partial charge in [-0.1, -0.05) is 187 Å². The largest absolute Gasteiger partial charge is 0.390 e. The standard InChI is InChI=1S/C40H79N2O/c1-3-5-7-9-11-13-15-17-19-21-23-25-27-29-31-33-36-42(38-39-43)37-35-41-40(42)34-32-30-28-26-24-22-20-18-16-14-12-10-8-6-4-2/h30,32,43H,3-29,31,33-39H2,1-2H3/q+1. The number of aliphatic hydroxyl groups is 1. The third-order valence-electron chi connectivity index (χ3n) is 10.0. The molecule has 0 aliphatic carbocycles. The van der Waals surface area contributed by atoms with Crippen LogP contribution in [-0.2, 0) is 0 Å². The molecule has 0 aromatic heterocycles. The van der Waals surface area contributed by atoms with Crippen molar-refractivity contribution >= 4 is 5.84 Å². The monoisotopic (exact) mass is 604 g/mol. The van der Waals surface area contributed by atoms with Gasteiger partial charge in [0, 0.05) is 0 Å². The lowest BCUT2D eigenvalue weighted by atomic mass is 10.0. The van der Waals surface area contributed by atoms with E-state index in [2.05, 4.69) is 26.0 Å². The first-order valence-corrected chi connectivity index (χ1v) is 19.9. The van der Waals surface area contributed by atoms with Crippen molar-refractivity contribution in [2.75, 3.05) is 32.8 Å². The molecule has 1 atom stereocenters. The van der Waals surface area contributed by atoms with E-state index in [0.717, 1.165) is 30.5 Å². The molecule has 0 aromatic carbocycles. The minimum atomic E-state index is 0.278. The number of unbranched alkanes of at least 4 members (excludes halogenated alkanes) is 27.